The average molecular weight is 210 g/mol. The van der Waals surface area contributed by atoms with Crippen molar-refractivity contribution < 1.29 is 4.79 Å². The summed E-state index contributed by atoms with van der Waals surface area (Å²) in [4.78, 5) is 11.0. The highest BCUT2D eigenvalue weighted by Crippen LogP contribution is 2.05. The van der Waals surface area contributed by atoms with Gasteiger partial charge < -0.3 is 0 Å². The molecule has 3 N–H and O–H groups in total. The van der Waals surface area contributed by atoms with Crippen LogP contribution in [0.4, 0.5) is 0 Å². The number of benzene rings is 1. The molecule has 1 aromatic rings. The topological polar surface area (TPSA) is 55.1 Å². The molecule has 1 rings (SSSR count). The highest BCUT2D eigenvalue weighted by Gasteiger charge is 2.04. The molecule has 3 nitrogen and oxygen atoms in total. The van der Waals surface area contributed by atoms with E-state index in [0.717, 1.165) is 5.56 Å². The minimum absolute atomic E-state index is 0.247. The summed E-state index contributed by atoms with van der Waals surface area (Å²) in [6.07, 6.45) is 0. The second-order valence-corrected chi connectivity index (χ2v) is 2.29. The maximum Gasteiger partial charge on any atom is 0.265 e. The normalized spacial score (nSPS) is 7.60. The molecule has 0 aromatic heterocycles. The first-order chi connectivity index (χ1) is 7.25. The third kappa shape index (κ3) is 5.86. The molecule has 0 spiro atoms. The van der Waals surface area contributed by atoms with E-state index < -0.39 is 0 Å². The molecule has 0 fully saturated rings. The van der Waals surface area contributed by atoms with Crippen molar-refractivity contribution >= 4 is 5.91 Å². The van der Waals surface area contributed by atoms with Crippen molar-refractivity contribution in [3.63, 3.8) is 0 Å². The van der Waals surface area contributed by atoms with Gasteiger partial charge in [-0.2, -0.15) is 0 Å². The lowest BCUT2D eigenvalue weighted by atomic mass is 10.1. The second-order valence-electron chi connectivity index (χ2n) is 2.29. The Morgan fingerprint density at radius 3 is 2.00 bits per heavy atom. The molecule has 3 heteroatoms. The number of aryl methyl sites for hydroxylation is 1. The van der Waals surface area contributed by atoms with Crippen LogP contribution in [0.1, 0.15) is 43.6 Å². The standard InChI is InChI=1S/C8H10N2O.2C2H6/c1-6-4-2-3-5-7(6)8(11)10-9;2*1-2/h2-5H,9H2,1H3,(H,10,11);2*1-2H3. The van der Waals surface area contributed by atoms with Crippen LogP contribution in [0.3, 0.4) is 0 Å². The third-order valence-corrected chi connectivity index (χ3v) is 1.52. The van der Waals surface area contributed by atoms with Crippen molar-refractivity contribution in [3.8, 4) is 0 Å². The van der Waals surface area contributed by atoms with E-state index in [-0.39, 0.29) is 5.91 Å². The van der Waals surface area contributed by atoms with E-state index in [4.69, 9.17) is 5.84 Å². The highest BCUT2D eigenvalue weighted by atomic mass is 16.2. The summed E-state index contributed by atoms with van der Waals surface area (Å²) in [6, 6.07) is 7.28. The summed E-state index contributed by atoms with van der Waals surface area (Å²) >= 11 is 0. The first kappa shape index (κ1) is 16.1. The lowest BCUT2D eigenvalue weighted by Crippen LogP contribution is -2.30. The molecule has 1 amide bonds. The van der Waals surface area contributed by atoms with Crippen LogP contribution in [0.2, 0.25) is 0 Å². The van der Waals surface area contributed by atoms with Crippen LogP contribution in [0.25, 0.3) is 0 Å². The van der Waals surface area contributed by atoms with Gasteiger partial charge in [0.1, 0.15) is 0 Å². The predicted molar refractivity (Wildman–Crippen MR) is 65.5 cm³/mol. The Bertz CT molecular complexity index is 272. The fourth-order valence-electron chi connectivity index (χ4n) is 0.905. The van der Waals surface area contributed by atoms with Gasteiger partial charge in [0.2, 0.25) is 0 Å². The molecule has 0 radical (unpaired) electrons. The summed E-state index contributed by atoms with van der Waals surface area (Å²) < 4.78 is 0. The number of hydrogen-bond donors (Lipinski definition) is 2. The number of nitrogens with two attached hydrogens (primary N) is 1. The number of hydrazine groups is 1. The quantitative estimate of drug-likeness (QED) is 0.425. The van der Waals surface area contributed by atoms with Gasteiger partial charge >= 0.3 is 0 Å². The van der Waals surface area contributed by atoms with Gasteiger partial charge in [0.25, 0.3) is 5.91 Å². The first-order valence-corrected chi connectivity index (χ1v) is 5.32. The minimum atomic E-state index is -0.247. The molecule has 0 aliphatic carbocycles. The van der Waals surface area contributed by atoms with E-state index in [1.165, 1.54) is 0 Å². The van der Waals surface area contributed by atoms with Crippen LogP contribution >= 0.6 is 0 Å². The second kappa shape index (κ2) is 10.7. The van der Waals surface area contributed by atoms with Gasteiger partial charge in [-0.15, -0.1) is 0 Å². The van der Waals surface area contributed by atoms with Crippen molar-refractivity contribution in [1.29, 1.82) is 0 Å². The predicted octanol–water partition coefficient (Wildman–Crippen LogP) is 2.65. The zero-order valence-corrected chi connectivity index (χ0v) is 10.3. The van der Waals surface area contributed by atoms with Gasteiger partial charge in [-0.25, -0.2) is 5.84 Å². The summed E-state index contributed by atoms with van der Waals surface area (Å²) in [7, 11) is 0. The molecule has 0 unspecified atom stereocenters. The van der Waals surface area contributed by atoms with E-state index >= 15 is 0 Å². The number of nitrogen functional groups attached to an aromatic ring is 1. The van der Waals surface area contributed by atoms with Crippen LogP contribution in [0.15, 0.2) is 24.3 Å². The van der Waals surface area contributed by atoms with Gasteiger partial charge in [0.15, 0.2) is 0 Å². The SMILES string of the molecule is CC.CC.Cc1ccccc1C(=O)NN. The van der Waals surface area contributed by atoms with E-state index in [0.29, 0.717) is 5.56 Å². The fourth-order valence-corrected chi connectivity index (χ4v) is 0.905. The number of rotatable bonds is 1. The lowest BCUT2D eigenvalue weighted by molar-refractivity contribution is 0.0953. The van der Waals surface area contributed by atoms with Crippen molar-refractivity contribution in [3.05, 3.63) is 35.4 Å². The van der Waals surface area contributed by atoms with E-state index in [9.17, 15) is 4.79 Å². The van der Waals surface area contributed by atoms with Crippen molar-refractivity contribution in [2.75, 3.05) is 0 Å². The van der Waals surface area contributed by atoms with E-state index in [1.54, 1.807) is 12.1 Å². The molecule has 0 aliphatic rings. The third-order valence-electron chi connectivity index (χ3n) is 1.52. The van der Waals surface area contributed by atoms with Gasteiger partial charge in [-0.05, 0) is 18.6 Å². The number of nitrogens with one attached hydrogen (secondary N) is 1. The monoisotopic (exact) mass is 210 g/mol. The number of amides is 1. The van der Waals surface area contributed by atoms with Crippen molar-refractivity contribution in [2.24, 2.45) is 5.84 Å². The molecule has 0 atom stereocenters. The highest BCUT2D eigenvalue weighted by molar-refractivity contribution is 5.95. The van der Waals surface area contributed by atoms with Gasteiger partial charge in [0.05, 0.1) is 0 Å². The summed E-state index contributed by atoms with van der Waals surface area (Å²) in [5.41, 5.74) is 3.63. The Balaban J connectivity index is 0. The molecule has 15 heavy (non-hydrogen) atoms. The summed E-state index contributed by atoms with van der Waals surface area (Å²) in [6.45, 7) is 9.87. The molecule has 0 saturated heterocycles. The Morgan fingerprint density at radius 2 is 1.60 bits per heavy atom. The average Bonchev–Trinajstić information content (AvgIpc) is 2.34. The maximum absolute atomic E-state index is 11.0. The number of carbonyl (C=O) groups is 1. The van der Waals surface area contributed by atoms with Gasteiger partial charge in [0, 0.05) is 5.56 Å². The zero-order chi connectivity index (χ0) is 12.3. The molecule has 1 aromatic carbocycles. The molecule has 86 valence electrons. The Morgan fingerprint density at radius 1 is 1.13 bits per heavy atom. The van der Waals surface area contributed by atoms with Gasteiger partial charge in [-0.1, -0.05) is 45.9 Å². The van der Waals surface area contributed by atoms with Crippen molar-refractivity contribution in [1.82, 2.24) is 5.43 Å². The Labute approximate surface area is 92.7 Å². The summed E-state index contributed by atoms with van der Waals surface area (Å²) in [5, 5.41) is 0. The van der Waals surface area contributed by atoms with Crippen molar-refractivity contribution in [2.45, 2.75) is 34.6 Å². The van der Waals surface area contributed by atoms with Crippen LogP contribution in [0.5, 0.6) is 0 Å². The van der Waals surface area contributed by atoms with E-state index in [2.05, 4.69) is 5.43 Å². The number of carbonyl (C=O) groups excluding carboxylic acids is 1. The molecular formula is C12H22N2O. The lowest BCUT2D eigenvalue weighted by Gasteiger charge is -2.01. The molecule has 0 saturated carbocycles. The summed E-state index contributed by atoms with van der Waals surface area (Å²) in [5.74, 6) is 4.73. The van der Waals surface area contributed by atoms with E-state index in [1.807, 2.05) is 46.8 Å². The molecule has 0 heterocycles. The molecular weight excluding hydrogens is 188 g/mol. The first-order valence-electron chi connectivity index (χ1n) is 5.32. The Kier molecular flexibility index (Phi) is 11.5. The fraction of sp³-hybridized carbons (Fsp3) is 0.417. The Hall–Kier alpha value is -1.35. The minimum Gasteiger partial charge on any atom is -0.290 e. The molecule has 0 aliphatic heterocycles. The largest absolute Gasteiger partial charge is 0.290 e. The molecule has 0 bridgehead atoms. The smallest absolute Gasteiger partial charge is 0.265 e. The van der Waals surface area contributed by atoms with Gasteiger partial charge in [-0.3, -0.25) is 10.2 Å². The number of hydrogen-bond acceptors (Lipinski definition) is 2. The van der Waals surface area contributed by atoms with Crippen LogP contribution in [0, 0.1) is 6.92 Å². The zero-order valence-electron chi connectivity index (χ0n) is 10.3. The van der Waals surface area contributed by atoms with Crippen LogP contribution in [-0.4, -0.2) is 5.91 Å². The maximum atomic E-state index is 11.0. The van der Waals surface area contributed by atoms with Crippen LogP contribution in [-0.2, 0) is 0 Å². The van der Waals surface area contributed by atoms with Crippen LogP contribution < -0.4 is 11.3 Å².